The lowest BCUT2D eigenvalue weighted by atomic mass is 9.98. The Hall–Kier alpha value is -1.35. The Balaban J connectivity index is 0.00000300. The van der Waals surface area contributed by atoms with E-state index in [2.05, 4.69) is 52.6 Å². The largest absolute Gasteiger partial charge is 0.355 e. The van der Waals surface area contributed by atoms with Gasteiger partial charge in [-0.25, -0.2) is 0 Å². The smallest absolute Gasteiger partial charge is 0.242 e. The van der Waals surface area contributed by atoms with Gasteiger partial charge >= 0.3 is 0 Å². The first-order valence-corrected chi connectivity index (χ1v) is 10.5. The van der Waals surface area contributed by atoms with Gasteiger partial charge in [-0.05, 0) is 57.3 Å². The summed E-state index contributed by atoms with van der Waals surface area (Å²) in [6.07, 6.45) is 4.83. The van der Waals surface area contributed by atoms with E-state index in [9.17, 15) is 4.79 Å². The minimum Gasteiger partial charge on any atom is -0.355 e. The number of nitrogens with zero attached hydrogens (tertiary/aromatic N) is 3. The highest BCUT2D eigenvalue weighted by Crippen LogP contribution is 2.20. The normalized spacial score (nSPS) is 17.9. The summed E-state index contributed by atoms with van der Waals surface area (Å²) in [6.45, 7) is 9.43. The van der Waals surface area contributed by atoms with E-state index < -0.39 is 0 Å². The molecule has 7 heteroatoms. The van der Waals surface area contributed by atoms with E-state index >= 15 is 0 Å². The average Bonchev–Trinajstić information content (AvgIpc) is 2.74. The van der Waals surface area contributed by atoms with Crippen molar-refractivity contribution in [3.63, 3.8) is 0 Å². The first-order valence-electron chi connectivity index (χ1n) is 10.5. The molecule has 29 heavy (non-hydrogen) atoms. The van der Waals surface area contributed by atoms with Gasteiger partial charge in [0.05, 0.1) is 6.54 Å². The van der Waals surface area contributed by atoms with Crippen molar-refractivity contribution in [1.82, 2.24) is 20.4 Å². The molecule has 0 unspecified atom stereocenters. The highest BCUT2D eigenvalue weighted by molar-refractivity contribution is 14.0. The van der Waals surface area contributed by atoms with Crippen molar-refractivity contribution in [2.45, 2.75) is 51.6 Å². The molecule has 2 heterocycles. The summed E-state index contributed by atoms with van der Waals surface area (Å²) in [5.74, 6) is 0.809. The number of carbonyl (C=O) groups is 1. The van der Waals surface area contributed by atoms with Crippen LogP contribution in [0.3, 0.4) is 0 Å². The second-order valence-corrected chi connectivity index (χ2v) is 8.47. The zero-order chi connectivity index (χ0) is 20.0. The molecule has 6 nitrogen and oxygen atoms in total. The fourth-order valence-corrected chi connectivity index (χ4v) is 4.11. The highest BCUT2D eigenvalue weighted by atomic mass is 127. The number of benzene rings is 1. The number of piperidine rings is 1. The molecule has 3 rings (SSSR count). The lowest BCUT2D eigenvalue weighted by Gasteiger charge is -2.41. The molecule has 2 aliphatic heterocycles. The van der Waals surface area contributed by atoms with Crippen LogP contribution in [0.4, 0.5) is 0 Å². The maximum atomic E-state index is 12.6. The van der Waals surface area contributed by atoms with Crippen LogP contribution in [-0.4, -0.2) is 67.0 Å². The fourth-order valence-electron chi connectivity index (χ4n) is 4.11. The summed E-state index contributed by atoms with van der Waals surface area (Å²) in [5, 5.41) is 6.60. The molecule has 0 aliphatic carbocycles. The zero-order valence-corrected chi connectivity index (χ0v) is 20.4. The molecule has 0 aromatic heterocycles. The third-order valence-corrected chi connectivity index (χ3v) is 6.01. The lowest BCUT2D eigenvalue weighted by Crippen LogP contribution is -2.55. The molecule has 0 saturated carbocycles. The van der Waals surface area contributed by atoms with Gasteiger partial charge in [0.1, 0.15) is 0 Å². The zero-order valence-electron chi connectivity index (χ0n) is 18.0. The van der Waals surface area contributed by atoms with E-state index in [1.807, 2.05) is 11.0 Å². The fraction of sp³-hybridized carbons (Fsp3) is 0.636. The van der Waals surface area contributed by atoms with Gasteiger partial charge in [-0.1, -0.05) is 30.7 Å². The monoisotopic (exact) mass is 513 g/mol. The maximum absolute atomic E-state index is 12.6. The lowest BCUT2D eigenvalue weighted by molar-refractivity contribution is -0.130. The van der Waals surface area contributed by atoms with E-state index in [0.29, 0.717) is 12.5 Å². The second-order valence-electron chi connectivity index (χ2n) is 8.47. The van der Waals surface area contributed by atoms with Crippen molar-refractivity contribution >= 4 is 35.8 Å². The van der Waals surface area contributed by atoms with E-state index in [-0.39, 0.29) is 42.0 Å². The number of amides is 1. The van der Waals surface area contributed by atoms with Gasteiger partial charge < -0.3 is 15.5 Å². The van der Waals surface area contributed by atoms with Crippen LogP contribution < -0.4 is 10.6 Å². The molecule has 1 amide bonds. The molecule has 0 spiro atoms. The van der Waals surface area contributed by atoms with Gasteiger partial charge in [-0.2, -0.15) is 0 Å². The molecule has 162 valence electrons. The molecule has 1 fully saturated rings. The predicted octanol–water partition coefficient (Wildman–Crippen LogP) is 2.62. The van der Waals surface area contributed by atoms with Crippen LogP contribution in [0.1, 0.15) is 44.2 Å². The van der Waals surface area contributed by atoms with Gasteiger partial charge in [-0.3, -0.25) is 14.7 Å². The first-order chi connectivity index (χ1) is 13.5. The van der Waals surface area contributed by atoms with E-state index in [1.165, 1.54) is 30.4 Å². The minimum atomic E-state index is 0. The van der Waals surface area contributed by atoms with Gasteiger partial charge in [0, 0.05) is 32.2 Å². The van der Waals surface area contributed by atoms with Crippen molar-refractivity contribution in [2.24, 2.45) is 4.99 Å². The van der Waals surface area contributed by atoms with Crippen LogP contribution in [-0.2, 0) is 17.8 Å². The van der Waals surface area contributed by atoms with Crippen LogP contribution in [0.2, 0.25) is 0 Å². The number of fused-ring (bicyclic) bond motifs is 1. The van der Waals surface area contributed by atoms with Crippen molar-refractivity contribution < 1.29 is 4.79 Å². The Labute approximate surface area is 192 Å². The average molecular weight is 513 g/mol. The predicted molar refractivity (Wildman–Crippen MR) is 130 cm³/mol. The molecular formula is C22H36IN5O. The SMILES string of the molecule is CN=C(NCC(=O)N1CCc2ccccc2C1)NCC(C)(C)N1CCCCC1.I. The summed E-state index contributed by atoms with van der Waals surface area (Å²) in [7, 11) is 1.75. The Kier molecular flexibility index (Phi) is 9.20. The topological polar surface area (TPSA) is 60.0 Å². The molecule has 1 saturated heterocycles. The maximum Gasteiger partial charge on any atom is 0.242 e. The van der Waals surface area contributed by atoms with E-state index in [4.69, 9.17) is 0 Å². The van der Waals surface area contributed by atoms with E-state index in [1.54, 1.807) is 7.05 Å². The van der Waals surface area contributed by atoms with E-state index in [0.717, 1.165) is 32.6 Å². The van der Waals surface area contributed by atoms with Gasteiger partial charge in [0.15, 0.2) is 5.96 Å². The summed E-state index contributed by atoms with van der Waals surface area (Å²) in [4.78, 5) is 21.4. The van der Waals surface area contributed by atoms with Crippen molar-refractivity contribution in [1.29, 1.82) is 0 Å². The number of carbonyl (C=O) groups excluding carboxylic acids is 1. The Morgan fingerprint density at radius 1 is 1.07 bits per heavy atom. The molecular weight excluding hydrogens is 477 g/mol. The Bertz CT molecular complexity index is 700. The molecule has 1 aromatic rings. The van der Waals surface area contributed by atoms with Gasteiger partial charge in [0.2, 0.25) is 5.91 Å². The number of hydrogen-bond acceptors (Lipinski definition) is 3. The summed E-state index contributed by atoms with van der Waals surface area (Å²) in [5.41, 5.74) is 2.68. The van der Waals surface area contributed by atoms with Crippen molar-refractivity contribution in [2.75, 3.05) is 39.8 Å². The Morgan fingerprint density at radius 3 is 2.45 bits per heavy atom. The molecule has 0 bridgehead atoms. The molecule has 2 N–H and O–H groups in total. The number of rotatable bonds is 5. The number of hydrogen-bond donors (Lipinski definition) is 2. The van der Waals surface area contributed by atoms with Crippen LogP contribution in [0.5, 0.6) is 0 Å². The highest BCUT2D eigenvalue weighted by Gasteiger charge is 2.28. The number of aliphatic imine (C=N–C) groups is 1. The second kappa shape index (κ2) is 11.2. The van der Waals surface area contributed by atoms with Gasteiger partial charge in [-0.15, -0.1) is 24.0 Å². The van der Waals surface area contributed by atoms with Crippen LogP contribution in [0.25, 0.3) is 0 Å². The summed E-state index contributed by atoms with van der Waals surface area (Å²) in [6, 6.07) is 8.39. The number of likely N-dealkylation sites (tertiary alicyclic amines) is 1. The van der Waals surface area contributed by atoms with Crippen molar-refractivity contribution in [3.8, 4) is 0 Å². The molecule has 0 radical (unpaired) electrons. The Morgan fingerprint density at radius 2 is 1.76 bits per heavy atom. The number of guanidine groups is 1. The molecule has 1 aromatic carbocycles. The minimum absolute atomic E-state index is 0. The summed E-state index contributed by atoms with van der Waals surface area (Å²) >= 11 is 0. The quantitative estimate of drug-likeness (QED) is 0.361. The number of halogens is 1. The third-order valence-electron chi connectivity index (χ3n) is 6.01. The van der Waals surface area contributed by atoms with Crippen molar-refractivity contribution in [3.05, 3.63) is 35.4 Å². The van der Waals surface area contributed by atoms with Crippen LogP contribution in [0.15, 0.2) is 29.3 Å². The molecule has 2 aliphatic rings. The van der Waals surface area contributed by atoms with Gasteiger partial charge in [0.25, 0.3) is 0 Å². The standard InChI is InChI=1S/C22H35N5O.HI/c1-22(2,27-12-7-4-8-13-27)17-25-21(23-3)24-15-20(28)26-14-11-18-9-5-6-10-19(18)16-26;/h5-6,9-10H,4,7-8,11-17H2,1-3H3,(H2,23,24,25);1H. The molecule has 0 atom stereocenters. The third kappa shape index (κ3) is 6.57. The first kappa shape index (κ1) is 23.9. The van der Waals surface area contributed by atoms with Crippen LogP contribution in [0, 0.1) is 0 Å². The number of nitrogens with one attached hydrogen (secondary N) is 2. The summed E-state index contributed by atoms with van der Waals surface area (Å²) < 4.78 is 0. The van der Waals surface area contributed by atoms with Crippen LogP contribution >= 0.6 is 24.0 Å².